The normalized spacial score (nSPS) is 24.7. The number of rotatable bonds is 8. The zero-order valence-electron chi connectivity index (χ0n) is 26.6. The van der Waals surface area contributed by atoms with E-state index in [9.17, 15) is 19.5 Å². The van der Waals surface area contributed by atoms with Gasteiger partial charge in [0.05, 0.1) is 31.6 Å². The molecule has 6 aliphatic rings. The number of hydrogen-bond donors (Lipinski definition) is 2. The van der Waals surface area contributed by atoms with E-state index in [0.717, 1.165) is 24.8 Å². The third-order valence-corrected chi connectivity index (χ3v) is 10.4. The van der Waals surface area contributed by atoms with Crippen molar-refractivity contribution >= 4 is 34.3 Å². The topological polar surface area (TPSA) is 161 Å². The van der Waals surface area contributed by atoms with Crippen LogP contribution in [0.2, 0.25) is 0 Å². The van der Waals surface area contributed by atoms with Gasteiger partial charge in [0.1, 0.15) is 18.0 Å². The van der Waals surface area contributed by atoms with Gasteiger partial charge in [-0.2, -0.15) is 4.98 Å². The number of hydrogen-bond acceptors (Lipinski definition) is 11. The number of piperazine rings is 1. The van der Waals surface area contributed by atoms with Gasteiger partial charge in [-0.25, -0.2) is 4.98 Å². The van der Waals surface area contributed by atoms with Crippen molar-refractivity contribution in [3.05, 3.63) is 45.3 Å². The van der Waals surface area contributed by atoms with Gasteiger partial charge in [0.2, 0.25) is 22.8 Å². The molecule has 0 spiro atoms. The smallest absolute Gasteiger partial charge is 0.276 e. The van der Waals surface area contributed by atoms with Crippen molar-refractivity contribution in [2.45, 2.75) is 63.1 Å². The monoisotopic (exact) mass is 646 g/mol. The molecular formula is C33H38N6O8. The molecule has 3 saturated carbocycles. The Morgan fingerprint density at radius 1 is 1.13 bits per heavy atom. The summed E-state index contributed by atoms with van der Waals surface area (Å²) in [5, 5.41) is 14.0. The summed E-state index contributed by atoms with van der Waals surface area (Å²) >= 11 is 0. The fraction of sp³-hybridized carbons (Fsp3) is 0.545. The van der Waals surface area contributed by atoms with Crippen LogP contribution in [-0.4, -0.2) is 101 Å². The standard InChI is InChI=1S/C33H38N6O8/c1-3-21-25(37-7-9-38(10-8-37)31(43)24-26(41)20-6-13-46-22(20)14-34-24)27(42)28-29(35-30(47-28)19-4-11-45-12-5-19)39(21)15-23(40)36-32-16-33(17-32,18-32)44-2/h4,14,41H,3,5-13,15-18H2,1-2H3,(H,36,40). The number of ether oxygens (including phenoxy) is 3. The Morgan fingerprint density at radius 3 is 2.62 bits per heavy atom. The first kappa shape index (κ1) is 29.9. The fourth-order valence-corrected chi connectivity index (χ4v) is 7.96. The average molecular weight is 647 g/mol. The Morgan fingerprint density at radius 2 is 1.91 bits per heavy atom. The van der Waals surface area contributed by atoms with E-state index in [-0.39, 0.29) is 52.0 Å². The van der Waals surface area contributed by atoms with Crippen LogP contribution in [0.5, 0.6) is 11.5 Å². The van der Waals surface area contributed by atoms with Crippen LogP contribution >= 0.6 is 0 Å². The minimum absolute atomic E-state index is 0.00322. The molecule has 3 aromatic rings. The summed E-state index contributed by atoms with van der Waals surface area (Å²) < 4.78 is 24.5. The molecule has 6 heterocycles. The van der Waals surface area contributed by atoms with Gasteiger partial charge in [0.15, 0.2) is 17.1 Å². The molecule has 0 unspecified atom stereocenters. The second kappa shape index (κ2) is 11.1. The molecule has 1 saturated heterocycles. The van der Waals surface area contributed by atoms with Crippen molar-refractivity contribution < 1.29 is 33.3 Å². The van der Waals surface area contributed by atoms with Crippen molar-refractivity contribution in [3.63, 3.8) is 0 Å². The number of carbonyl (C=O) groups excluding carboxylic acids is 2. The number of methoxy groups -OCH3 is 1. The van der Waals surface area contributed by atoms with Gasteiger partial charge in [-0.1, -0.05) is 13.0 Å². The van der Waals surface area contributed by atoms with Crippen molar-refractivity contribution in [1.82, 2.24) is 24.8 Å². The lowest BCUT2D eigenvalue weighted by molar-refractivity contribution is -0.237. The first-order valence-corrected chi connectivity index (χ1v) is 16.3. The summed E-state index contributed by atoms with van der Waals surface area (Å²) in [6.07, 6.45) is 7.39. The maximum absolute atomic E-state index is 14.2. The second-order valence-electron chi connectivity index (χ2n) is 13.2. The van der Waals surface area contributed by atoms with Crippen LogP contribution in [0.25, 0.3) is 16.8 Å². The number of fused-ring (bicyclic) bond motifs is 2. The predicted molar refractivity (Wildman–Crippen MR) is 169 cm³/mol. The molecule has 9 rings (SSSR count). The SMILES string of the molecule is CCc1c(N2CCN(C(=O)c3ncc4c(c3O)CCO4)CC2)c(=O)c2oc(C3=CCOCC3)nc2n1CC(=O)NC12CC(OC)(C1)C2. The van der Waals surface area contributed by atoms with E-state index in [1.54, 1.807) is 12.0 Å². The fourth-order valence-electron chi connectivity index (χ4n) is 7.96. The number of amides is 2. The molecule has 4 fully saturated rings. The quantitative estimate of drug-likeness (QED) is 0.367. The summed E-state index contributed by atoms with van der Waals surface area (Å²) in [7, 11) is 1.71. The van der Waals surface area contributed by atoms with Crippen LogP contribution in [-0.2, 0) is 33.7 Å². The Hall–Kier alpha value is -4.43. The van der Waals surface area contributed by atoms with Gasteiger partial charge >= 0.3 is 0 Å². The molecule has 0 atom stereocenters. The van der Waals surface area contributed by atoms with Crippen LogP contribution < -0.4 is 20.4 Å². The third-order valence-electron chi connectivity index (χ3n) is 10.4. The molecule has 3 aliphatic heterocycles. The van der Waals surface area contributed by atoms with Crippen molar-refractivity contribution in [3.8, 4) is 11.5 Å². The highest BCUT2D eigenvalue weighted by molar-refractivity contribution is 5.96. The molecule has 3 aromatic heterocycles. The number of anilines is 1. The molecule has 3 aliphatic carbocycles. The van der Waals surface area contributed by atoms with E-state index >= 15 is 0 Å². The zero-order chi connectivity index (χ0) is 32.5. The van der Waals surface area contributed by atoms with Crippen LogP contribution in [0.15, 0.2) is 21.5 Å². The number of pyridine rings is 2. The number of nitrogens with zero attached hydrogens (tertiary/aromatic N) is 5. The predicted octanol–water partition coefficient (Wildman–Crippen LogP) is 1.79. The minimum atomic E-state index is -0.370. The number of carbonyl (C=O) groups is 2. The molecule has 2 bridgehead atoms. The number of aromatic hydroxyl groups is 1. The lowest BCUT2D eigenvalue weighted by atomic mass is 9.46. The summed E-state index contributed by atoms with van der Waals surface area (Å²) in [5.74, 6) is 0.202. The van der Waals surface area contributed by atoms with Gasteiger partial charge in [0.25, 0.3) is 5.91 Å². The van der Waals surface area contributed by atoms with Crippen LogP contribution in [0.4, 0.5) is 5.69 Å². The number of oxazole rings is 1. The van der Waals surface area contributed by atoms with E-state index in [1.165, 1.54) is 6.20 Å². The molecule has 0 radical (unpaired) electrons. The maximum atomic E-state index is 14.2. The van der Waals surface area contributed by atoms with Crippen LogP contribution in [0, 0.1) is 0 Å². The highest BCUT2D eigenvalue weighted by atomic mass is 16.5. The number of nitrogens with one attached hydrogen (secondary N) is 1. The first-order chi connectivity index (χ1) is 22.7. The molecule has 14 nitrogen and oxygen atoms in total. The number of aromatic nitrogens is 3. The van der Waals surface area contributed by atoms with Crippen molar-refractivity contribution in [1.29, 1.82) is 0 Å². The largest absolute Gasteiger partial charge is 0.505 e. The van der Waals surface area contributed by atoms with Gasteiger partial charge in [-0.05, 0) is 25.7 Å². The third kappa shape index (κ3) is 4.79. The van der Waals surface area contributed by atoms with Crippen molar-refractivity contribution in [2.75, 3.05) is 58.0 Å². The van der Waals surface area contributed by atoms with Crippen LogP contribution in [0.1, 0.15) is 60.2 Å². The maximum Gasteiger partial charge on any atom is 0.276 e. The van der Waals surface area contributed by atoms with Gasteiger partial charge < -0.3 is 43.4 Å². The molecule has 14 heteroatoms. The van der Waals surface area contributed by atoms with E-state index in [2.05, 4.69) is 10.3 Å². The second-order valence-corrected chi connectivity index (χ2v) is 13.2. The van der Waals surface area contributed by atoms with Crippen LogP contribution in [0.3, 0.4) is 0 Å². The summed E-state index contributed by atoms with van der Waals surface area (Å²) in [6, 6.07) is 0. The minimum Gasteiger partial charge on any atom is -0.505 e. The lowest BCUT2D eigenvalue weighted by Gasteiger charge is -2.69. The van der Waals surface area contributed by atoms with E-state index in [0.29, 0.717) is 99.5 Å². The average Bonchev–Trinajstić information content (AvgIpc) is 3.73. The van der Waals surface area contributed by atoms with E-state index in [4.69, 9.17) is 23.6 Å². The first-order valence-electron chi connectivity index (χ1n) is 16.3. The Kier molecular flexibility index (Phi) is 7.06. The Balaban J connectivity index is 1.10. The highest BCUT2D eigenvalue weighted by Gasteiger charge is 2.69. The zero-order valence-corrected chi connectivity index (χ0v) is 26.6. The van der Waals surface area contributed by atoms with E-state index < -0.39 is 0 Å². The molecule has 2 amide bonds. The van der Waals surface area contributed by atoms with Crippen molar-refractivity contribution in [2.24, 2.45) is 0 Å². The van der Waals surface area contributed by atoms with E-state index in [1.807, 2.05) is 22.5 Å². The van der Waals surface area contributed by atoms with Gasteiger partial charge in [0, 0.05) is 68.5 Å². The molecule has 47 heavy (non-hydrogen) atoms. The Labute approximate surface area is 270 Å². The highest BCUT2D eigenvalue weighted by Crippen LogP contribution is 2.62. The molecule has 2 N–H and O–H groups in total. The van der Waals surface area contributed by atoms with Gasteiger partial charge in [-0.15, -0.1) is 0 Å². The summed E-state index contributed by atoms with van der Waals surface area (Å²) in [5.41, 5.74) is 2.41. The Bertz CT molecular complexity index is 1870. The molecule has 248 valence electrons. The summed E-state index contributed by atoms with van der Waals surface area (Å²) in [4.78, 5) is 53.8. The van der Waals surface area contributed by atoms with Gasteiger partial charge in [-0.3, -0.25) is 14.4 Å². The summed E-state index contributed by atoms with van der Waals surface area (Å²) in [6.45, 7) is 4.70. The lowest BCUT2D eigenvalue weighted by Crippen LogP contribution is -2.79. The molecule has 0 aromatic carbocycles. The molecular weight excluding hydrogens is 608 g/mol.